The lowest BCUT2D eigenvalue weighted by Gasteiger charge is -2.00. The van der Waals surface area contributed by atoms with Crippen molar-refractivity contribution in [2.75, 3.05) is 11.9 Å². The van der Waals surface area contributed by atoms with E-state index >= 15 is 0 Å². The first-order chi connectivity index (χ1) is 9.92. The molecule has 0 aliphatic heterocycles. The van der Waals surface area contributed by atoms with Gasteiger partial charge in [-0.3, -0.25) is 4.79 Å². The standard InChI is InChI=1S/C15H17NO3S2/c1-5-19-15(18)13-9(3)7-12(21-13)16-14(17)11-6-8(2)10(4)20-11/h6-7H,5H2,1-4H3,(H,16,17). The molecule has 0 aliphatic rings. The smallest absolute Gasteiger partial charge is 0.348 e. The van der Waals surface area contributed by atoms with Crippen molar-refractivity contribution in [3.8, 4) is 0 Å². The number of anilines is 1. The first-order valence-corrected chi connectivity index (χ1v) is 8.21. The quantitative estimate of drug-likeness (QED) is 0.859. The van der Waals surface area contributed by atoms with Gasteiger partial charge in [-0.25, -0.2) is 4.79 Å². The van der Waals surface area contributed by atoms with Crippen molar-refractivity contribution in [3.63, 3.8) is 0 Å². The molecule has 0 unspecified atom stereocenters. The minimum Gasteiger partial charge on any atom is -0.462 e. The molecule has 112 valence electrons. The molecule has 21 heavy (non-hydrogen) atoms. The van der Waals surface area contributed by atoms with Crippen LogP contribution in [0.4, 0.5) is 5.00 Å². The van der Waals surface area contributed by atoms with Gasteiger partial charge in [0.15, 0.2) is 0 Å². The van der Waals surface area contributed by atoms with Crippen LogP contribution in [0, 0.1) is 20.8 Å². The summed E-state index contributed by atoms with van der Waals surface area (Å²) >= 11 is 2.71. The summed E-state index contributed by atoms with van der Waals surface area (Å²) in [5.41, 5.74) is 1.92. The molecule has 6 heteroatoms. The van der Waals surface area contributed by atoms with Gasteiger partial charge in [-0.15, -0.1) is 22.7 Å². The minimum absolute atomic E-state index is 0.146. The van der Waals surface area contributed by atoms with Gasteiger partial charge in [0.05, 0.1) is 16.5 Å². The number of hydrogen-bond donors (Lipinski definition) is 1. The number of thiophene rings is 2. The summed E-state index contributed by atoms with van der Waals surface area (Å²) in [5, 5.41) is 3.50. The van der Waals surface area contributed by atoms with Crippen LogP contribution in [0.25, 0.3) is 0 Å². The van der Waals surface area contributed by atoms with E-state index in [1.165, 1.54) is 22.7 Å². The second kappa shape index (κ2) is 6.41. The molecule has 1 N–H and O–H groups in total. The highest BCUT2D eigenvalue weighted by Crippen LogP contribution is 2.29. The lowest BCUT2D eigenvalue weighted by Crippen LogP contribution is -2.08. The van der Waals surface area contributed by atoms with Crippen LogP contribution in [0.5, 0.6) is 0 Å². The zero-order chi connectivity index (χ0) is 15.6. The van der Waals surface area contributed by atoms with Crippen LogP contribution in [-0.2, 0) is 4.74 Å². The molecule has 0 fully saturated rings. The molecule has 0 atom stereocenters. The maximum Gasteiger partial charge on any atom is 0.348 e. The molecule has 0 aliphatic carbocycles. The van der Waals surface area contributed by atoms with Crippen molar-refractivity contribution in [1.82, 2.24) is 0 Å². The van der Waals surface area contributed by atoms with Gasteiger partial charge in [0.1, 0.15) is 4.88 Å². The number of carbonyl (C=O) groups is 2. The predicted molar refractivity (Wildman–Crippen MR) is 86.8 cm³/mol. The van der Waals surface area contributed by atoms with E-state index in [2.05, 4.69) is 5.32 Å². The van der Waals surface area contributed by atoms with E-state index in [4.69, 9.17) is 4.74 Å². The van der Waals surface area contributed by atoms with Crippen LogP contribution in [0.15, 0.2) is 12.1 Å². The monoisotopic (exact) mass is 323 g/mol. The van der Waals surface area contributed by atoms with E-state index in [0.29, 0.717) is 21.4 Å². The number of amides is 1. The number of ether oxygens (including phenoxy) is 1. The van der Waals surface area contributed by atoms with Crippen LogP contribution in [0.3, 0.4) is 0 Å². The van der Waals surface area contributed by atoms with Crippen molar-refractivity contribution in [2.45, 2.75) is 27.7 Å². The van der Waals surface area contributed by atoms with Gasteiger partial charge in [0.25, 0.3) is 5.91 Å². The van der Waals surface area contributed by atoms with Crippen molar-refractivity contribution in [1.29, 1.82) is 0 Å². The van der Waals surface area contributed by atoms with Crippen molar-refractivity contribution in [2.24, 2.45) is 0 Å². The molecular formula is C15H17NO3S2. The Morgan fingerprint density at radius 1 is 1.14 bits per heavy atom. The highest BCUT2D eigenvalue weighted by atomic mass is 32.1. The van der Waals surface area contributed by atoms with E-state index in [1.54, 1.807) is 13.0 Å². The highest BCUT2D eigenvalue weighted by molar-refractivity contribution is 7.18. The fourth-order valence-corrected chi connectivity index (χ4v) is 3.69. The number of nitrogens with one attached hydrogen (secondary N) is 1. The van der Waals surface area contributed by atoms with Crippen LogP contribution < -0.4 is 5.32 Å². The number of aryl methyl sites for hydroxylation is 3. The lowest BCUT2D eigenvalue weighted by atomic mass is 10.3. The van der Waals surface area contributed by atoms with Crippen molar-refractivity contribution in [3.05, 3.63) is 37.9 Å². The predicted octanol–water partition coefficient (Wildman–Crippen LogP) is 4.16. The normalized spacial score (nSPS) is 10.5. The number of rotatable bonds is 4. The Bertz CT molecular complexity index is 666. The topological polar surface area (TPSA) is 55.4 Å². The third kappa shape index (κ3) is 3.51. The van der Waals surface area contributed by atoms with Gasteiger partial charge in [-0.2, -0.15) is 0 Å². The van der Waals surface area contributed by atoms with E-state index in [9.17, 15) is 9.59 Å². The van der Waals surface area contributed by atoms with Gasteiger partial charge < -0.3 is 10.1 Å². The van der Waals surface area contributed by atoms with E-state index in [1.807, 2.05) is 26.8 Å². The molecular weight excluding hydrogens is 306 g/mol. The summed E-state index contributed by atoms with van der Waals surface area (Å²) in [6.45, 7) is 7.91. The summed E-state index contributed by atoms with van der Waals surface area (Å²) in [7, 11) is 0. The van der Waals surface area contributed by atoms with E-state index in [-0.39, 0.29) is 11.9 Å². The molecule has 0 aromatic carbocycles. The largest absolute Gasteiger partial charge is 0.462 e. The van der Waals surface area contributed by atoms with E-state index < -0.39 is 0 Å². The third-order valence-electron chi connectivity index (χ3n) is 3.01. The zero-order valence-corrected chi connectivity index (χ0v) is 14.0. The summed E-state index contributed by atoms with van der Waals surface area (Å²) in [4.78, 5) is 26.3. The van der Waals surface area contributed by atoms with E-state index in [0.717, 1.165) is 16.0 Å². The Hall–Kier alpha value is -1.66. The fraction of sp³-hybridized carbons (Fsp3) is 0.333. The summed E-state index contributed by atoms with van der Waals surface area (Å²) in [5.74, 6) is -0.490. The third-order valence-corrected chi connectivity index (χ3v) is 5.29. The number of carbonyl (C=O) groups excluding carboxylic acids is 2. The molecule has 2 aromatic heterocycles. The Morgan fingerprint density at radius 2 is 1.86 bits per heavy atom. The Balaban J connectivity index is 2.15. The molecule has 2 rings (SSSR count). The number of hydrogen-bond acceptors (Lipinski definition) is 5. The number of esters is 1. The average Bonchev–Trinajstić information content (AvgIpc) is 2.94. The second-order valence-electron chi connectivity index (χ2n) is 4.65. The van der Waals surface area contributed by atoms with Gasteiger partial charge >= 0.3 is 5.97 Å². The lowest BCUT2D eigenvalue weighted by molar-refractivity contribution is 0.0531. The molecule has 4 nitrogen and oxygen atoms in total. The Labute approximate surface area is 131 Å². The van der Waals surface area contributed by atoms with Crippen molar-refractivity contribution >= 4 is 39.6 Å². The SMILES string of the molecule is CCOC(=O)c1sc(NC(=O)c2cc(C)c(C)s2)cc1C. The molecule has 2 heterocycles. The van der Waals surface area contributed by atoms with Gasteiger partial charge in [-0.05, 0) is 51.0 Å². The van der Waals surface area contributed by atoms with Gasteiger partial charge in [-0.1, -0.05) is 0 Å². The maximum atomic E-state index is 12.2. The minimum atomic E-state index is -0.344. The van der Waals surface area contributed by atoms with Crippen LogP contribution in [0.1, 0.15) is 42.3 Å². The van der Waals surface area contributed by atoms with Crippen LogP contribution in [-0.4, -0.2) is 18.5 Å². The van der Waals surface area contributed by atoms with Crippen LogP contribution >= 0.6 is 22.7 Å². The van der Waals surface area contributed by atoms with Crippen LogP contribution in [0.2, 0.25) is 0 Å². The second-order valence-corrected chi connectivity index (χ2v) is 6.96. The Morgan fingerprint density at radius 3 is 2.43 bits per heavy atom. The molecule has 0 bridgehead atoms. The fourth-order valence-electron chi connectivity index (χ4n) is 1.80. The average molecular weight is 323 g/mol. The Kier molecular flexibility index (Phi) is 4.80. The molecule has 0 radical (unpaired) electrons. The molecule has 0 spiro atoms. The summed E-state index contributed by atoms with van der Waals surface area (Å²) in [6, 6.07) is 3.67. The van der Waals surface area contributed by atoms with Gasteiger partial charge in [0.2, 0.25) is 0 Å². The zero-order valence-electron chi connectivity index (χ0n) is 12.4. The first-order valence-electron chi connectivity index (χ1n) is 6.58. The van der Waals surface area contributed by atoms with Gasteiger partial charge in [0, 0.05) is 4.88 Å². The maximum absolute atomic E-state index is 12.2. The highest BCUT2D eigenvalue weighted by Gasteiger charge is 2.17. The molecule has 1 amide bonds. The molecule has 2 aromatic rings. The molecule has 0 saturated carbocycles. The summed E-state index contributed by atoms with van der Waals surface area (Å²) < 4.78 is 4.99. The summed E-state index contributed by atoms with van der Waals surface area (Å²) in [6.07, 6.45) is 0. The molecule has 0 saturated heterocycles. The van der Waals surface area contributed by atoms with Crippen molar-refractivity contribution < 1.29 is 14.3 Å². The first kappa shape index (κ1) is 15.7.